The highest BCUT2D eigenvalue weighted by Crippen LogP contribution is 2.26. The molecular weight excluding hydrogens is 354 g/mol. The van der Waals surface area contributed by atoms with Crippen molar-refractivity contribution < 1.29 is 14.7 Å². The standard InChI is InChI=1S/C22H27N3O3/c1-14(2)20-19(13-23-15(3)24-20)21(26)25-10-8-16(9-11-25)12-17-6-4-5-7-18(17)22(27)28/h4-7,13-14,16H,8-12H2,1-3H3,(H,27,28). The number of hydrogen-bond acceptors (Lipinski definition) is 4. The molecule has 3 rings (SSSR count). The van der Waals surface area contributed by atoms with Crippen molar-refractivity contribution in [2.45, 2.75) is 46.0 Å². The van der Waals surface area contributed by atoms with Crippen molar-refractivity contribution in [3.05, 3.63) is 58.7 Å². The highest BCUT2D eigenvalue weighted by molar-refractivity contribution is 5.95. The van der Waals surface area contributed by atoms with Crippen LogP contribution in [-0.2, 0) is 6.42 Å². The summed E-state index contributed by atoms with van der Waals surface area (Å²) in [5, 5.41) is 9.36. The van der Waals surface area contributed by atoms with Crippen LogP contribution in [0.1, 0.15) is 70.4 Å². The third kappa shape index (κ3) is 4.38. The maximum absolute atomic E-state index is 13.0. The van der Waals surface area contributed by atoms with Gasteiger partial charge in [0.2, 0.25) is 0 Å². The molecule has 6 nitrogen and oxygen atoms in total. The summed E-state index contributed by atoms with van der Waals surface area (Å²) in [6.07, 6.45) is 4.11. The van der Waals surface area contributed by atoms with Crippen LogP contribution in [0.3, 0.4) is 0 Å². The average Bonchev–Trinajstić information content (AvgIpc) is 2.68. The van der Waals surface area contributed by atoms with Gasteiger partial charge < -0.3 is 10.0 Å². The van der Waals surface area contributed by atoms with Crippen LogP contribution in [0, 0.1) is 12.8 Å². The van der Waals surface area contributed by atoms with Gasteiger partial charge in [-0.15, -0.1) is 0 Å². The molecule has 1 saturated heterocycles. The first kappa shape index (κ1) is 20.0. The molecule has 0 unspecified atom stereocenters. The Morgan fingerprint density at radius 1 is 1.18 bits per heavy atom. The number of benzene rings is 1. The average molecular weight is 381 g/mol. The molecule has 1 aliphatic rings. The van der Waals surface area contributed by atoms with E-state index < -0.39 is 5.97 Å². The number of rotatable bonds is 5. The van der Waals surface area contributed by atoms with Crippen molar-refractivity contribution in [1.82, 2.24) is 14.9 Å². The van der Waals surface area contributed by atoms with E-state index in [1.807, 2.05) is 37.8 Å². The number of piperidine rings is 1. The number of aryl methyl sites for hydroxylation is 1. The molecular formula is C22H27N3O3. The zero-order valence-electron chi connectivity index (χ0n) is 16.7. The van der Waals surface area contributed by atoms with Crippen LogP contribution in [-0.4, -0.2) is 44.9 Å². The molecule has 1 aromatic heterocycles. The van der Waals surface area contributed by atoms with Crippen LogP contribution in [0.4, 0.5) is 0 Å². The first-order valence-corrected chi connectivity index (χ1v) is 9.80. The Labute approximate surface area is 165 Å². The molecule has 0 spiro atoms. The van der Waals surface area contributed by atoms with Gasteiger partial charge in [-0.25, -0.2) is 14.8 Å². The predicted octanol–water partition coefficient (Wildman–Crippen LogP) is 3.70. The molecule has 148 valence electrons. The van der Waals surface area contributed by atoms with Crippen LogP contribution in [0.15, 0.2) is 30.5 Å². The minimum atomic E-state index is -0.885. The normalized spacial score (nSPS) is 15.1. The molecule has 0 radical (unpaired) electrons. The van der Waals surface area contributed by atoms with E-state index in [1.165, 1.54) is 0 Å². The SMILES string of the molecule is Cc1ncc(C(=O)N2CCC(Cc3ccccc3C(=O)O)CC2)c(C(C)C)n1. The number of nitrogens with zero attached hydrogens (tertiary/aromatic N) is 3. The molecule has 2 heterocycles. The summed E-state index contributed by atoms with van der Waals surface area (Å²) < 4.78 is 0. The summed E-state index contributed by atoms with van der Waals surface area (Å²) >= 11 is 0. The maximum Gasteiger partial charge on any atom is 0.335 e. The first-order chi connectivity index (χ1) is 13.4. The molecule has 0 saturated carbocycles. The largest absolute Gasteiger partial charge is 0.478 e. The van der Waals surface area contributed by atoms with Gasteiger partial charge >= 0.3 is 5.97 Å². The van der Waals surface area contributed by atoms with Gasteiger partial charge in [0.1, 0.15) is 5.82 Å². The Bertz CT molecular complexity index is 871. The van der Waals surface area contributed by atoms with Gasteiger partial charge in [-0.2, -0.15) is 0 Å². The second kappa shape index (κ2) is 8.50. The molecule has 28 heavy (non-hydrogen) atoms. The van der Waals surface area contributed by atoms with E-state index >= 15 is 0 Å². The Morgan fingerprint density at radius 2 is 1.86 bits per heavy atom. The van der Waals surface area contributed by atoms with Crippen LogP contribution >= 0.6 is 0 Å². The third-order valence-electron chi connectivity index (χ3n) is 5.37. The summed E-state index contributed by atoms with van der Waals surface area (Å²) in [6.45, 7) is 7.24. The van der Waals surface area contributed by atoms with Gasteiger partial charge in [-0.05, 0) is 49.7 Å². The number of aromatic carboxylic acids is 1. The zero-order valence-corrected chi connectivity index (χ0v) is 16.7. The molecule has 0 atom stereocenters. The van der Waals surface area contributed by atoms with E-state index in [2.05, 4.69) is 9.97 Å². The van der Waals surface area contributed by atoms with Gasteiger partial charge in [0.25, 0.3) is 5.91 Å². The summed E-state index contributed by atoms with van der Waals surface area (Å²) in [6, 6.07) is 7.18. The molecule has 1 amide bonds. The lowest BCUT2D eigenvalue weighted by Gasteiger charge is -2.32. The number of carbonyl (C=O) groups is 2. The fourth-order valence-corrected chi connectivity index (χ4v) is 3.82. The number of carboxylic acid groups (broad SMARTS) is 1. The Hall–Kier alpha value is -2.76. The second-order valence-corrected chi connectivity index (χ2v) is 7.77. The van der Waals surface area contributed by atoms with E-state index in [0.29, 0.717) is 36.0 Å². The number of likely N-dealkylation sites (tertiary alicyclic amines) is 1. The third-order valence-corrected chi connectivity index (χ3v) is 5.37. The minimum Gasteiger partial charge on any atom is -0.478 e. The van der Waals surface area contributed by atoms with Crippen molar-refractivity contribution >= 4 is 11.9 Å². The van der Waals surface area contributed by atoms with Gasteiger partial charge in [0, 0.05) is 19.3 Å². The Balaban J connectivity index is 1.66. The molecule has 1 aliphatic heterocycles. The summed E-state index contributed by atoms with van der Waals surface area (Å²) in [4.78, 5) is 35.0. The Morgan fingerprint density at radius 3 is 2.50 bits per heavy atom. The van der Waals surface area contributed by atoms with E-state index in [9.17, 15) is 14.7 Å². The lowest BCUT2D eigenvalue weighted by molar-refractivity contribution is 0.0688. The lowest BCUT2D eigenvalue weighted by Crippen LogP contribution is -2.39. The number of hydrogen-bond donors (Lipinski definition) is 1. The minimum absolute atomic E-state index is 0.00640. The first-order valence-electron chi connectivity index (χ1n) is 9.80. The highest BCUT2D eigenvalue weighted by atomic mass is 16.4. The molecule has 2 aromatic rings. The second-order valence-electron chi connectivity index (χ2n) is 7.77. The number of carboxylic acids is 1. The maximum atomic E-state index is 13.0. The highest BCUT2D eigenvalue weighted by Gasteiger charge is 2.27. The number of amides is 1. The number of aromatic nitrogens is 2. The van der Waals surface area contributed by atoms with Crippen LogP contribution in [0.2, 0.25) is 0 Å². The van der Waals surface area contributed by atoms with Crippen molar-refractivity contribution in [2.24, 2.45) is 5.92 Å². The Kier molecular flexibility index (Phi) is 6.07. The quantitative estimate of drug-likeness (QED) is 0.854. The van der Waals surface area contributed by atoms with Crippen LogP contribution in [0.25, 0.3) is 0 Å². The van der Waals surface area contributed by atoms with E-state index in [4.69, 9.17) is 0 Å². The van der Waals surface area contributed by atoms with Crippen molar-refractivity contribution in [2.75, 3.05) is 13.1 Å². The van der Waals surface area contributed by atoms with Gasteiger partial charge in [-0.3, -0.25) is 4.79 Å². The van der Waals surface area contributed by atoms with Gasteiger partial charge in [0.15, 0.2) is 0 Å². The molecule has 1 fully saturated rings. The van der Waals surface area contributed by atoms with Crippen molar-refractivity contribution in [1.29, 1.82) is 0 Å². The van der Waals surface area contributed by atoms with Crippen molar-refractivity contribution in [3.63, 3.8) is 0 Å². The van der Waals surface area contributed by atoms with E-state index in [1.54, 1.807) is 18.3 Å². The van der Waals surface area contributed by atoms with Crippen LogP contribution in [0.5, 0.6) is 0 Å². The smallest absolute Gasteiger partial charge is 0.335 e. The zero-order chi connectivity index (χ0) is 20.3. The van der Waals surface area contributed by atoms with E-state index in [-0.39, 0.29) is 11.8 Å². The molecule has 1 N–H and O–H groups in total. The van der Waals surface area contributed by atoms with E-state index in [0.717, 1.165) is 30.5 Å². The van der Waals surface area contributed by atoms with Crippen LogP contribution < -0.4 is 0 Å². The summed E-state index contributed by atoms with van der Waals surface area (Å²) in [5.41, 5.74) is 2.64. The topological polar surface area (TPSA) is 83.4 Å². The molecule has 0 bridgehead atoms. The number of carbonyl (C=O) groups excluding carboxylic acids is 1. The fraction of sp³-hybridized carbons (Fsp3) is 0.455. The lowest BCUT2D eigenvalue weighted by atomic mass is 9.88. The van der Waals surface area contributed by atoms with Gasteiger partial charge in [0.05, 0.1) is 16.8 Å². The molecule has 6 heteroatoms. The fourth-order valence-electron chi connectivity index (χ4n) is 3.82. The predicted molar refractivity (Wildman–Crippen MR) is 107 cm³/mol. The van der Waals surface area contributed by atoms with Gasteiger partial charge in [-0.1, -0.05) is 32.0 Å². The molecule has 1 aromatic carbocycles. The molecule has 0 aliphatic carbocycles. The van der Waals surface area contributed by atoms with Crippen molar-refractivity contribution in [3.8, 4) is 0 Å². The summed E-state index contributed by atoms with van der Waals surface area (Å²) in [5.74, 6) is 0.321. The summed E-state index contributed by atoms with van der Waals surface area (Å²) in [7, 11) is 0. The monoisotopic (exact) mass is 381 g/mol.